The van der Waals surface area contributed by atoms with Gasteiger partial charge in [-0.2, -0.15) is 5.26 Å². The SMILES string of the molecule is COc1ccc(OC)c(CC(=O)Cl)c1.N#Cc1cccc(C(=O)Cl)c1. The van der Waals surface area contributed by atoms with Crippen LogP contribution in [-0.2, 0) is 11.2 Å². The summed E-state index contributed by atoms with van der Waals surface area (Å²) >= 11 is 10.5. The summed E-state index contributed by atoms with van der Waals surface area (Å²) in [4.78, 5) is 21.3. The number of ether oxygens (including phenoxy) is 2. The van der Waals surface area contributed by atoms with Crippen LogP contribution < -0.4 is 9.47 Å². The average Bonchev–Trinajstić information content (AvgIpc) is 2.61. The van der Waals surface area contributed by atoms with Crippen LogP contribution in [0.4, 0.5) is 0 Å². The highest BCUT2D eigenvalue weighted by molar-refractivity contribution is 6.67. The van der Waals surface area contributed by atoms with E-state index in [1.165, 1.54) is 6.07 Å². The first-order chi connectivity index (χ1) is 11.9. The van der Waals surface area contributed by atoms with Gasteiger partial charge in [-0.1, -0.05) is 12.1 Å². The molecule has 5 nitrogen and oxygen atoms in total. The largest absolute Gasteiger partial charge is 0.497 e. The van der Waals surface area contributed by atoms with Crippen LogP contribution >= 0.6 is 23.2 Å². The molecule has 0 saturated carbocycles. The van der Waals surface area contributed by atoms with Crippen molar-refractivity contribution in [2.75, 3.05) is 14.2 Å². The smallest absolute Gasteiger partial charge is 0.252 e. The molecule has 2 aromatic carbocycles. The van der Waals surface area contributed by atoms with Gasteiger partial charge in [0.1, 0.15) is 11.5 Å². The van der Waals surface area contributed by atoms with Gasteiger partial charge in [-0.25, -0.2) is 0 Å². The van der Waals surface area contributed by atoms with Crippen molar-refractivity contribution in [1.82, 2.24) is 0 Å². The summed E-state index contributed by atoms with van der Waals surface area (Å²) in [5.74, 6) is 1.32. The van der Waals surface area contributed by atoms with Gasteiger partial charge in [0.15, 0.2) is 0 Å². The number of carbonyl (C=O) groups is 2. The van der Waals surface area contributed by atoms with Crippen LogP contribution in [0.3, 0.4) is 0 Å². The minimum atomic E-state index is -0.540. The second-order valence-corrected chi connectivity index (χ2v) is 5.44. The van der Waals surface area contributed by atoms with Crippen LogP contribution in [0, 0.1) is 11.3 Å². The Morgan fingerprint density at radius 3 is 2.32 bits per heavy atom. The molecule has 0 fully saturated rings. The van der Waals surface area contributed by atoms with Gasteiger partial charge in [-0.15, -0.1) is 0 Å². The molecular weight excluding hydrogens is 365 g/mol. The van der Waals surface area contributed by atoms with Crippen LogP contribution in [0.2, 0.25) is 0 Å². The monoisotopic (exact) mass is 379 g/mol. The summed E-state index contributed by atoms with van der Waals surface area (Å²) < 4.78 is 10.1. The molecule has 0 spiro atoms. The Morgan fingerprint density at radius 2 is 1.80 bits per heavy atom. The van der Waals surface area contributed by atoms with Gasteiger partial charge in [0.25, 0.3) is 5.24 Å². The molecule has 7 heteroatoms. The third-order valence-electron chi connectivity index (χ3n) is 3.04. The highest BCUT2D eigenvalue weighted by Crippen LogP contribution is 2.24. The van der Waals surface area contributed by atoms with Gasteiger partial charge in [0.2, 0.25) is 5.24 Å². The fourth-order valence-electron chi connectivity index (χ4n) is 1.88. The van der Waals surface area contributed by atoms with E-state index < -0.39 is 10.5 Å². The number of hydrogen-bond acceptors (Lipinski definition) is 5. The zero-order chi connectivity index (χ0) is 18.8. The standard InChI is InChI=1S/C10H11ClO3.C8H4ClNO/c1-13-8-3-4-9(14-2)7(5-8)6-10(11)12;9-8(11)7-3-1-2-6(4-7)5-10/h3-5H,6H2,1-2H3;1-4H. The fraction of sp³-hybridized carbons (Fsp3) is 0.167. The van der Waals surface area contributed by atoms with Crippen molar-refractivity contribution in [3.8, 4) is 17.6 Å². The number of methoxy groups -OCH3 is 2. The lowest BCUT2D eigenvalue weighted by Crippen LogP contribution is -1.98. The van der Waals surface area contributed by atoms with Gasteiger partial charge < -0.3 is 9.47 Å². The Bertz CT molecular complexity index is 800. The second kappa shape index (κ2) is 10.3. The van der Waals surface area contributed by atoms with Crippen molar-refractivity contribution in [3.05, 3.63) is 59.2 Å². The third kappa shape index (κ3) is 6.84. The number of rotatable bonds is 5. The predicted molar refractivity (Wildman–Crippen MR) is 95.5 cm³/mol. The first-order valence-corrected chi connectivity index (χ1v) is 7.76. The Hall–Kier alpha value is -2.55. The molecule has 0 aliphatic heterocycles. The average molecular weight is 380 g/mol. The van der Waals surface area contributed by atoms with Gasteiger partial charge in [0, 0.05) is 11.1 Å². The Morgan fingerprint density at radius 1 is 1.08 bits per heavy atom. The molecule has 0 bridgehead atoms. The number of carbonyl (C=O) groups excluding carboxylic acids is 2. The molecule has 0 aliphatic carbocycles. The summed E-state index contributed by atoms with van der Waals surface area (Å²) in [6, 6.07) is 13.4. The Kier molecular flexibility index (Phi) is 8.48. The topological polar surface area (TPSA) is 76.4 Å². The molecule has 0 N–H and O–H groups in total. The summed E-state index contributed by atoms with van der Waals surface area (Å²) in [7, 11) is 3.11. The minimum Gasteiger partial charge on any atom is -0.497 e. The van der Waals surface area contributed by atoms with E-state index in [0.29, 0.717) is 22.6 Å². The number of benzene rings is 2. The summed E-state index contributed by atoms with van der Waals surface area (Å²) in [5, 5.41) is 7.48. The molecule has 0 unspecified atom stereocenters. The molecule has 2 rings (SSSR count). The van der Waals surface area contributed by atoms with Crippen molar-refractivity contribution in [2.45, 2.75) is 6.42 Å². The van der Waals surface area contributed by atoms with Crippen molar-refractivity contribution in [3.63, 3.8) is 0 Å². The molecule has 0 saturated heterocycles. The van der Waals surface area contributed by atoms with Crippen LogP contribution in [0.25, 0.3) is 0 Å². The molecule has 25 heavy (non-hydrogen) atoms. The molecule has 0 radical (unpaired) electrons. The predicted octanol–water partition coefficient (Wildman–Crippen LogP) is 3.95. The lowest BCUT2D eigenvalue weighted by atomic mass is 10.1. The van der Waals surface area contributed by atoms with E-state index in [9.17, 15) is 9.59 Å². The third-order valence-corrected chi connectivity index (χ3v) is 3.39. The molecule has 0 amide bonds. The Balaban J connectivity index is 0.000000257. The van der Waals surface area contributed by atoms with Crippen molar-refractivity contribution in [1.29, 1.82) is 5.26 Å². The van der Waals surface area contributed by atoms with E-state index in [1.807, 2.05) is 6.07 Å². The molecule has 0 atom stereocenters. The maximum atomic E-state index is 10.7. The van der Waals surface area contributed by atoms with Gasteiger partial charge >= 0.3 is 0 Å². The van der Waals surface area contributed by atoms with Crippen LogP contribution in [-0.4, -0.2) is 24.7 Å². The number of hydrogen-bond donors (Lipinski definition) is 0. The zero-order valence-electron chi connectivity index (χ0n) is 13.6. The van der Waals surface area contributed by atoms with E-state index in [2.05, 4.69) is 0 Å². The number of nitriles is 1. The first kappa shape index (κ1) is 20.5. The molecular formula is C18H15Cl2NO4. The number of nitrogens with zero attached hydrogens (tertiary/aromatic N) is 1. The van der Waals surface area contributed by atoms with E-state index in [-0.39, 0.29) is 6.42 Å². The molecule has 130 valence electrons. The minimum absolute atomic E-state index is 0.141. The van der Waals surface area contributed by atoms with Crippen molar-refractivity contribution in [2.24, 2.45) is 0 Å². The van der Waals surface area contributed by atoms with Crippen LogP contribution in [0.15, 0.2) is 42.5 Å². The van der Waals surface area contributed by atoms with E-state index >= 15 is 0 Å². The zero-order valence-corrected chi connectivity index (χ0v) is 15.1. The Labute approximate surface area is 155 Å². The van der Waals surface area contributed by atoms with Crippen molar-refractivity contribution < 1.29 is 19.1 Å². The van der Waals surface area contributed by atoms with Crippen molar-refractivity contribution >= 4 is 33.7 Å². The van der Waals surface area contributed by atoms with Gasteiger partial charge in [-0.05, 0) is 53.5 Å². The molecule has 0 aromatic heterocycles. The van der Waals surface area contributed by atoms with Gasteiger partial charge in [-0.3, -0.25) is 9.59 Å². The quantitative estimate of drug-likeness (QED) is 0.735. The lowest BCUT2D eigenvalue weighted by Gasteiger charge is -2.08. The molecule has 0 aliphatic rings. The fourth-order valence-corrected chi connectivity index (χ4v) is 2.14. The summed E-state index contributed by atoms with van der Waals surface area (Å²) in [6.45, 7) is 0. The highest BCUT2D eigenvalue weighted by Gasteiger charge is 2.08. The van der Waals surface area contributed by atoms with Crippen LogP contribution in [0.5, 0.6) is 11.5 Å². The maximum absolute atomic E-state index is 10.7. The summed E-state index contributed by atoms with van der Waals surface area (Å²) in [6.07, 6.45) is 0.141. The van der Waals surface area contributed by atoms with E-state index in [1.54, 1.807) is 50.6 Å². The molecule has 0 heterocycles. The van der Waals surface area contributed by atoms with E-state index in [0.717, 1.165) is 5.56 Å². The van der Waals surface area contributed by atoms with Crippen LogP contribution in [0.1, 0.15) is 21.5 Å². The normalized spacial score (nSPS) is 9.24. The lowest BCUT2D eigenvalue weighted by molar-refractivity contribution is -0.111. The van der Waals surface area contributed by atoms with E-state index in [4.69, 9.17) is 37.9 Å². The second-order valence-electron chi connectivity index (χ2n) is 4.68. The first-order valence-electron chi connectivity index (χ1n) is 7.00. The maximum Gasteiger partial charge on any atom is 0.252 e. The number of halogens is 2. The molecule has 2 aromatic rings. The highest BCUT2D eigenvalue weighted by atomic mass is 35.5. The summed E-state index contributed by atoms with van der Waals surface area (Å²) in [5.41, 5.74) is 1.52. The van der Waals surface area contributed by atoms with Gasteiger partial charge in [0.05, 0.1) is 32.3 Å².